The number of para-hydroxylation sites is 4. The molecule has 0 saturated heterocycles. The summed E-state index contributed by atoms with van der Waals surface area (Å²) in [6.45, 7) is 0. The summed E-state index contributed by atoms with van der Waals surface area (Å²) in [6.07, 6.45) is 0. The average molecular weight is 718 g/mol. The SMILES string of the molecule is c1ccc(-c2nnn(-c3ccccc3)c2-c2ccc3c(c2)c2ccccc2n3-c2cccc(-n3c4ccccc4c4cc5c(cc43)oc3ccccc35)c2)cc1. The lowest BCUT2D eigenvalue weighted by molar-refractivity contribution is 0.669. The van der Waals surface area contributed by atoms with E-state index in [1.54, 1.807) is 0 Å². The molecule has 6 nitrogen and oxygen atoms in total. The molecule has 0 atom stereocenters. The van der Waals surface area contributed by atoms with Crippen LogP contribution in [-0.2, 0) is 0 Å². The van der Waals surface area contributed by atoms with E-state index in [0.717, 1.165) is 89.0 Å². The van der Waals surface area contributed by atoms with Gasteiger partial charge < -0.3 is 13.6 Å². The molecule has 262 valence electrons. The van der Waals surface area contributed by atoms with E-state index in [1.165, 1.54) is 16.2 Å². The van der Waals surface area contributed by atoms with E-state index in [0.29, 0.717) is 0 Å². The van der Waals surface area contributed by atoms with Gasteiger partial charge in [-0.25, -0.2) is 4.68 Å². The second kappa shape index (κ2) is 11.9. The molecule has 0 fully saturated rings. The van der Waals surface area contributed by atoms with Crippen LogP contribution < -0.4 is 0 Å². The monoisotopic (exact) mass is 717 g/mol. The predicted octanol–water partition coefficient (Wildman–Crippen LogP) is 12.7. The summed E-state index contributed by atoms with van der Waals surface area (Å²) in [4.78, 5) is 0. The molecule has 0 saturated carbocycles. The van der Waals surface area contributed by atoms with Crippen LogP contribution in [0.4, 0.5) is 0 Å². The van der Waals surface area contributed by atoms with Gasteiger partial charge in [0.25, 0.3) is 0 Å². The lowest BCUT2D eigenvalue weighted by Gasteiger charge is -2.13. The number of aromatic nitrogens is 5. The van der Waals surface area contributed by atoms with Crippen LogP contribution in [0.25, 0.3) is 105 Å². The van der Waals surface area contributed by atoms with Crippen LogP contribution in [0, 0.1) is 0 Å². The zero-order valence-corrected chi connectivity index (χ0v) is 30.0. The molecular formula is C50H31N5O. The van der Waals surface area contributed by atoms with E-state index in [1.807, 2.05) is 53.2 Å². The van der Waals surface area contributed by atoms with Crippen LogP contribution in [0.3, 0.4) is 0 Å². The molecule has 0 unspecified atom stereocenters. The third-order valence-electron chi connectivity index (χ3n) is 11.2. The van der Waals surface area contributed by atoms with Gasteiger partial charge >= 0.3 is 0 Å². The van der Waals surface area contributed by atoms with Crippen LogP contribution in [0.1, 0.15) is 0 Å². The minimum absolute atomic E-state index is 0.844. The lowest BCUT2D eigenvalue weighted by atomic mass is 10.0. The molecule has 0 radical (unpaired) electrons. The highest BCUT2D eigenvalue weighted by Gasteiger charge is 2.21. The Hall–Kier alpha value is -7.70. The number of benzene rings is 8. The van der Waals surface area contributed by atoms with Gasteiger partial charge in [0.1, 0.15) is 22.6 Å². The standard InChI is InChI=1S/C50H31N5O/c1-3-14-32(15-4-1)49-50(55(52-51-49)34-16-5-2-6-17-34)33-26-27-45-40(28-33)37-20-7-10-23-43(37)53(45)35-18-13-19-36(29-35)54-44-24-11-8-21-38(44)41-30-42-39-22-9-12-25-47(39)56-48(42)31-46(41)54/h1-31H. The van der Waals surface area contributed by atoms with E-state index in [9.17, 15) is 0 Å². The van der Waals surface area contributed by atoms with E-state index in [4.69, 9.17) is 14.7 Å². The predicted molar refractivity (Wildman–Crippen MR) is 228 cm³/mol. The Morgan fingerprint density at radius 2 is 0.946 bits per heavy atom. The van der Waals surface area contributed by atoms with Gasteiger partial charge in [0.15, 0.2) is 0 Å². The Labute approximate surface area is 320 Å². The zero-order valence-electron chi connectivity index (χ0n) is 30.0. The molecule has 0 aliphatic carbocycles. The van der Waals surface area contributed by atoms with Gasteiger partial charge in [-0.15, -0.1) is 5.10 Å². The van der Waals surface area contributed by atoms with Gasteiger partial charge in [0.05, 0.1) is 27.8 Å². The van der Waals surface area contributed by atoms with E-state index in [2.05, 4.69) is 149 Å². The first kappa shape index (κ1) is 30.7. The van der Waals surface area contributed by atoms with Crippen molar-refractivity contribution >= 4 is 65.6 Å². The van der Waals surface area contributed by atoms with Crippen molar-refractivity contribution in [3.63, 3.8) is 0 Å². The maximum absolute atomic E-state index is 6.40. The lowest BCUT2D eigenvalue weighted by Crippen LogP contribution is -2.00. The molecule has 0 bridgehead atoms. The Morgan fingerprint density at radius 3 is 1.70 bits per heavy atom. The molecule has 6 heteroatoms. The van der Waals surface area contributed by atoms with Gasteiger partial charge in [-0.1, -0.05) is 120 Å². The fourth-order valence-electron chi connectivity index (χ4n) is 8.72. The Kier molecular flexibility index (Phi) is 6.53. The number of hydrogen-bond acceptors (Lipinski definition) is 3. The van der Waals surface area contributed by atoms with Crippen molar-refractivity contribution < 1.29 is 4.42 Å². The van der Waals surface area contributed by atoms with Crippen LogP contribution in [0.5, 0.6) is 0 Å². The van der Waals surface area contributed by atoms with Gasteiger partial charge in [-0.3, -0.25) is 0 Å². The Balaban J connectivity index is 1.07. The zero-order chi connectivity index (χ0) is 36.7. The number of furan rings is 1. The van der Waals surface area contributed by atoms with Crippen molar-refractivity contribution in [3.05, 3.63) is 188 Å². The summed E-state index contributed by atoms with van der Waals surface area (Å²) in [5, 5.41) is 16.5. The molecule has 12 aromatic rings. The molecule has 0 N–H and O–H groups in total. The average Bonchev–Trinajstić information content (AvgIpc) is 4.03. The first-order valence-electron chi connectivity index (χ1n) is 18.8. The smallest absolute Gasteiger partial charge is 0.137 e. The molecule has 4 heterocycles. The molecule has 0 amide bonds. The highest BCUT2D eigenvalue weighted by Crippen LogP contribution is 2.41. The molecule has 0 spiro atoms. The molecular weight excluding hydrogens is 687 g/mol. The normalized spacial score (nSPS) is 11.9. The maximum Gasteiger partial charge on any atom is 0.137 e. The third kappa shape index (κ3) is 4.50. The van der Waals surface area contributed by atoms with E-state index >= 15 is 0 Å². The quantitative estimate of drug-likeness (QED) is 0.178. The largest absolute Gasteiger partial charge is 0.456 e. The van der Waals surface area contributed by atoms with Crippen molar-refractivity contribution in [2.75, 3.05) is 0 Å². The maximum atomic E-state index is 6.40. The summed E-state index contributed by atoms with van der Waals surface area (Å²) < 4.78 is 13.1. The fraction of sp³-hybridized carbons (Fsp3) is 0. The molecule has 56 heavy (non-hydrogen) atoms. The van der Waals surface area contributed by atoms with Crippen molar-refractivity contribution in [1.29, 1.82) is 0 Å². The molecule has 0 aliphatic heterocycles. The highest BCUT2D eigenvalue weighted by molar-refractivity contribution is 6.17. The second-order valence-electron chi connectivity index (χ2n) is 14.3. The number of fused-ring (bicyclic) bond motifs is 9. The summed E-state index contributed by atoms with van der Waals surface area (Å²) in [7, 11) is 0. The van der Waals surface area contributed by atoms with Crippen LogP contribution >= 0.6 is 0 Å². The van der Waals surface area contributed by atoms with Gasteiger partial charge in [-0.05, 0) is 66.7 Å². The van der Waals surface area contributed by atoms with Crippen molar-refractivity contribution in [2.24, 2.45) is 0 Å². The Morgan fingerprint density at radius 1 is 0.357 bits per heavy atom. The first-order valence-corrected chi connectivity index (χ1v) is 18.8. The second-order valence-corrected chi connectivity index (χ2v) is 14.3. The Bertz CT molecular complexity index is 3420. The molecule has 12 rings (SSSR count). The minimum Gasteiger partial charge on any atom is -0.456 e. The van der Waals surface area contributed by atoms with Crippen LogP contribution in [0.2, 0.25) is 0 Å². The first-order chi connectivity index (χ1) is 27.8. The van der Waals surface area contributed by atoms with E-state index in [-0.39, 0.29) is 0 Å². The summed E-state index contributed by atoms with van der Waals surface area (Å²) in [5.74, 6) is 0. The van der Waals surface area contributed by atoms with Crippen molar-refractivity contribution in [3.8, 4) is 39.6 Å². The highest BCUT2D eigenvalue weighted by atomic mass is 16.3. The number of hydrogen-bond donors (Lipinski definition) is 0. The molecule has 8 aromatic carbocycles. The number of rotatable bonds is 5. The van der Waals surface area contributed by atoms with Crippen LogP contribution in [-0.4, -0.2) is 24.1 Å². The summed E-state index contributed by atoms with van der Waals surface area (Å²) in [6, 6.07) is 66.3. The third-order valence-corrected chi connectivity index (χ3v) is 11.2. The summed E-state index contributed by atoms with van der Waals surface area (Å²) >= 11 is 0. The van der Waals surface area contributed by atoms with E-state index < -0.39 is 0 Å². The molecule has 0 aliphatic rings. The summed E-state index contributed by atoms with van der Waals surface area (Å²) in [5.41, 5.74) is 13.3. The van der Waals surface area contributed by atoms with Crippen molar-refractivity contribution in [1.82, 2.24) is 24.1 Å². The fourth-order valence-corrected chi connectivity index (χ4v) is 8.72. The topological polar surface area (TPSA) is 53.7 Å². The number of nitrogens with zero attached hydrogens (tertiary/aromatic N) is 5. The van der Waals surface area contributed by atoms with Crippen molar-refractivity contribution in [2.45, 2.75) is 0 Å². The van der Waals surface area contributed by atoms with Gasteiger partial charge in [0, 0.05) is 60.9 Å². The van der Waals surface area contributed by atoms with Gasteiger partial charge in [0.2, 0.25) is 0 Å². The van der Waals surface area contributed by atoms with Crippen LogP contribution in [0.15, 0.2) is 192 Å². The van der Waals surface area contributed by atoms with Gasteiger partial charge in [-0.2, -0.15) is 0 Å². The minimum atomic E-state index is 0.844. The molecule has 4 aromatic heterocycles.